The monoisotopic (exact) mass is 528 g/mol. The minimum Gasteiger partial charge on any atom is -0.464 e. The van der Waals surface area contributed by atoms with E-state index in [-0.39, 0.29) is 30.5 Å². The third kappa shape index (κ3) is 12.4. The van der Waals surface area contributed by atoms with Crippen molar-refractivity contribution in [3.63, 3.8) is 0 Å². The summed E-state index contributed by atoms with van der Waals surface area (Å²) in [7, 11) is 1.19. The molecular weight excluding hydrogens is 480 g/mol. The number of nitrogens with one attached hydrogen (secondary N) is 2. The highest BCUT2D eigenvalue weighted by Crippen LogP contribution is 2.24. The molecule has 0 bridgehead atoms. The third-order valence-corrected chi connectivity index (χ3v) is 6.38. The van der Waals surface area contributed by atoms with E-state index in [0.717, 1.165) is 38.5 Å². The number of hydrogen-bond acceptors (Lipinski definition) is 8. The van der Waals surface area contributed by atoms with E-state index in [9.17, 15) is 29.7 Å². The second-order valence-corrected chi connectivity index (χ2v) is 10.9. The highest BCUT2D eigenvalue weighted by atomic mass is 16.5. The van der Waals surface area contributed by atoms with Crippen LogP contribution in [0.5, 0.6) is 0 Å². The van der Waals surface area contributed by atoms with Gasteiger partial charge in [0.15, 0.2) is 6.10 Å². The molecule has 0 aromatic heterocycles. The number of ether oxygens (including phenoxy) is 2. The maximum atomic E-state index is 12.9. The average molecular weight is 529 g/mol. The molecule has 0 radical (unpaired) electrons. The summed E-state index contributed by atoms with van der Waals surface area (Å²) >= 11 is 0. The number of methoxy groups -OCH3 is 1. The fourth-order valence-electron chi connectivity index (χ4n) is 4.12. The zero-order chi connectivity index (χ0) is 28.0. The summed E-state index contributed by atoms with van der Waals surface area (Å²) in [5.74, 6) is -1.55. The van der Waals surface area contributed by atoms with Gasteiger partial charge in [-0.3, -0.25) is 14.4 Å². The summed E-state index contributed by atoms with van der Waals surface area (Å²) in [5.41, 5.74) is -0.252. The van der Waals surface area contributed by atoms with Crippen LogP contribution in [0.4, 0.5) is 0 Å². The largest absolute Gasteiger partial charge is 0.464 e. The molecule has 10 heteroatoms. The summed E-state index contributed by atoms with van der Waals surface area (Å²) in [6.07, 6.45) is 3.35. The Morgan fingerprint density at radius 2 is 1.68 bits per heavy atom. The summed E-state index contributed by atoms with van der Waals surface area (Å²) in [5, 5.41) is 36.4. The van der Waals surface area contributed by atoms with E-state index < -0.39 is 42.3 Å². The highest BCUT2D eigenvalue weighted by Gasteiger charge is 2.36. The van der Waals surface area contributed by atoms with Crippen LogP contribution in [-0.2, 0) is 23.9 Å². The molecule has 1 aliphatic carbocycles. The number of aliphatic hydroxyl groups excluding tert-OH is 3. The first-order chi connectivity index (χ1) is 17.4. The van der Waals surface area contributed by atoms with Gasteiger partial charge in [0.05, 0.1) is 12.5 Å². The van der Waals surface area contributed by atoms with E-state index in [4.69, 9.17) is 9.47 Å². The predicted molar refractivity (Wildman–Crippen MR) is 139 cm³/mol. The molecule has 214 valence electrons. The molecule has 5 atom stereocenters. The molecule has 0 spiro atoms. The van der Waals surface area contributed by atoms with Crippen molar-refractivity contribution in [1.82, 2.24) is 10.6 Å². The molecule has 0 aliphatic heterocycles. The Kier molecular flexibility index (Phi) is 15.0. The molecule has 0 heterocycles. The predicted octanol–water partition coefficient (Wildman–Crippen LogP) is 1.60. The van der Waals surface area contributed by atoms with E-state index >= 15 is 0 Å². The quantitative estimate of drug-likeness (QED) is 0.122. The van der Waals surface area contributed by atoms with Gasteiger partial charge in [0, 0.05) is 7.11 Å². The van der Waals surface area contributed by atoms with Crippen molar-refractivity contribution < 1.29 is 39.2 Å². The van der Waals surface area contributed by atoms with Gasteiger partial charge in [0.1, 0.15) is 31.0 Å². The van der Waals surface area contributed by atoms with Crippen molar-refractivity contribution >= 4 is 17.8 Å². The Morgan fingerprint density at radius 3 is 2.24 bits per heavy atom. The minimum absolute atomic E-state index is 0.0428. The van der Waals surface area contributed by atoms with E-state index in [0.29, 0.717) is 12.8 Å². The Balaban J connectivity index is 2.67. The molecule has 2 amide bonds. The number of rotatable bonds is 15. The maximum absolute atomic E-state index is 12.9. The van der Waals surface area contributed by atoms with Crippen molar-refractivity contribution in [1.29, 1.82) is 0 Å². The maximum Gasteiger partial charge on any atom is 0.308 e. The Labute approximate surface area is 221 Å². The second kappa shape index (κ2) is 16.8. The minimum atomic E-state index is -1.74. The number of allylic oxidation sites excluding steroid dienone is 1. The summed E-state index contributed by atoms with van der Waals surface area (Å²) < 4.78 is 10.4. The number of carbonyl (C=O) groups is 3. The van der Waals surface area contributed by atoms with Gasteiger partial charge in [-0.15, -0.1) is 0 Å². The third-order valence-electron chi connectivity index (χ3n) is 6.38. The van der Waals surface area contributed by atoms with E-state index in [1.807, 2.05) is 27.7 Å². The molecule has 0 aromatic carbocycles. The van der Waals surface area contributed by atoms with Crippen molar-refractivity contribution in [3.05, 3.63) is 12.2 Å². The fourth-order valence-corrected chi connectivity index (χ4v) is 4.12. The zero-order valence-corrected chi connectivity index (χ0v) is 23.1. The second-order valence-electron chi connectivity index (χ2n) is 10.9. The molecule has 0 unspecified atom stereocenters. The molecule has 37 heavy (non-hydrogen) atoms. The van der Waals surface area contributed by atoms with Crippen LogP contribution in [0.1, 0.15) is 79.1 Å². The Hall–Kier alpha value is -2.01. The van der Waals surface area contributed by atoms with Gasteiger partial charge >= 0.3 is 5.97 Å². The van der Waals surface area contributed by atoms with Crippen LogP contribution >= 0.6 is 0 Å². The molecule has 1 aliphatic rings. The lowest BCUT2D eigenvalue weighted by atomic mass is 9.89. The van der Waals surface area contributed by atoms with Gasteiger partial charge in [-0.25, -0.2) is 0 Å². The average Bonchev–Trinajstić information content (AvgIpc) is 2.87. The van der Waals surface area contributed by atoms with E-state index in [1.54, 1.807) is 6.08 Å². The molecule has 0 saturated heterocycles. The number of aliphatic hydroxyl groups is 3. The molecule has 10 nitrogen and oxygen atoms in total. The van der Waals surface area contributed by atoms with Gasteiger partial charge in [0.25, 0.3) is 5.91 Å². The molecule has 1 rings (SSSR count). The van der Waals surface area contributed by atoms with Gasteiger partial charge in [0.2, 0.25) is 5.91 Å². The first kappa shape index (κ1) is 33.0. The van der Waals surface area contributed by atoms with Crippen LogP contribution < -0.4 is 10.6 Å². The first-order valence-electron chi connectivity index (χ1n) is 13.4. The molecule has 0 aromatic rings. The Morgan fingerprint density at radius 1 is 1.03 bits per heavy atom. The lowest BCUT2D eigenvalue weighted by Crippen LogP contribution is -2.56. The summed E-state index contributed by atoms with van der Waals surface area (Å²) in [6, 6.07) is -0.908. The van der Waals surface area contributed by atoms with Crippen molar-refractivity contribution in [2.45, 2.75) is 110 Å². The number of carbonyl (C=O) groups excluding carboxylic acids is 3. The number of hydrogen-bond donors (Lipinski definition) is 5. The molecule has 5 N–H and O–H groups in total. The lowest BCUT2D eigenvalue weighted by molar-refractivity contribution is -0.151. The van der Waals surface area contributed by atoms with E-state index in [2.05, 4.69) is 10.6 Å². The molecule has 1 saturated carbocycles. The number of esters is 1. The van der Waals surface area contributed by atoms with Gasteiger partial charge < -0.3 is 35.4 Å². The van der Waals surface area contributed by atoms with Crippen LogP contribution in [0.2, 0.25) is 0 Å². The first-order valence-corrected chi connectivity index (χ1v) is 13.4. The standard InChI is InChI=1S/C27H48N2O8/c1-6-7-13-19(24(33)28-16-17-37-26(35)18-11-9-8-10-12-18)29-25(34)23(36-5)22(32)21(31)20(30)14-15-27(2,3)4/h14-15,18-23,30-32H,6-13,16-17H2,1-5H3,(H,28,33)(H,29,34)/t19-,20+,21-,22+,23+/m0/s1. The van der Waals surface area contributed by atoms with Crippen LogP contribution in [0.3, 0.4) is 0 Å². The normalized spacial score (nSPS) is 19.0. The smallest absolute Gasteiger partial charge is 0.308 e. The topological polar surface area (TPSA) is 154 Å². The van der Waals surface area contributed by atoms with Crippen LogP contribution in [0.15, 0.2) is 12.2 Å². The fraction of sp³-hybridized carbons (Fsp3) is 0.815. The Bertz CT molecular complexity index is 730. The molecule has 1 fully saturated rings. The highest BCUT2D eigenvalue weighted by molar-refractivity contribution is 5.89. The van der Waals surface area contributed by atoms with Gasteiger partial charge in [-0.05, 0) is 24.7 Å². The van der Waals surface area contributed by atoms with Crippen LogP contribution in [0.25, 0.3) is 0 Å². The van der Waals surface area contributed by atoms with Crippen LogP contribution in [-0.4, -0.2) is 83.8 Å². The van der Waals surface area contributed by atoms with Crippen molar-refractivity contribution in [3.8, 4) is 0 Å². The lowest BCUT2D eigenvalue weighted by Gasteiger charge is -2.28. The van der Waals surface area contributed by atoms with Gasteiger partial charge in [-0.2, -0.15) is 0 Å². The van der Waals surface area contributed by atoms with Crippen molar-refractivity contribution in [2.24, 2.45) is 11.3 Å². The summed E-state index contributed by atoms with van der Waals surface area (Å²) in [6.45, 7) is 7.83. The molecular formula is C27H48N2O8. The van der Waals surface area contributed by atoms with Gasteiger partial charge in [-0.1, -0.05) is 72.0 Å². The van der Waals surface area contributed by atoms with E-state index in [1.165, 1.54) is 13.2 Å². The SMILES string of the molecule is CCCC[C@H](NC(=O)[C@H](OC)[C@H](O)[C@@H](O)[C@H](O)C=CC(C)(C)C)C(=O)NCCOC(=O)C1CCCCC1. The van der Waals surface area contributed by atoms with Crippen LogP contribution in [0, 0.1) is 11.3 Å². The summed E-state index contributed by atoms with van der Waals surface area (Å²) in [4.78, 5) is 37.8. The van der Waals surface area contributed by atoms with Crippen molar-refractivity contribution in [2.75, 3.05) is 20.3 Å². The number of amides is 2. The number of unbranched alkanes of at least 4 members (excludes halogenated alkanes) is 1. The zero-order valence-electron chi connectivity index (χ0n) is 23.1.